The number of likely N-dealkylation sites (tertiary alicyclic amines) is 1. The first-order valence-electron chi connectivity index (χ1n) is 8.67. The molecule has 0 radical (unpaired) electrons. The number of para-hydroxylation sites is 1. The lowest BCUT2D eigenvalue weighted by molar-refractivity contribution is -0.133. The first-order chi connectivity index (χ1) is 12.6. The van der Waals surface area contributed by atoms with E-state index in [2.05, 4.69) is 22.4 Å². The van der Waals surface area contributed by atoms with Crippen molar-refractivity contribution in [2.45, 2.75) is 45.2 Å². The van der Waals surface area contributed by atoms with Crippen LogP contribution < -0.4 is 10.1 Å². The predicted octanol–water partition coefficient (Wildman–Crippen LogP) is 2.63. The Kier molecular flexibility index (Phi) is 5.82. The van der Waals surface area contributed by atoms with E-state index in [1.165, 1.54) is 11.3 Å². The lowest BCUT2D eigenvalue weighted by Gasteiger charge is -2.24. The third-order valence-electron chi connectivity index (χ3n) is 4.32. The van der Waals surface area contributed by atoms with E-state index in [4.69, 9.17) is 4.74 Å². The molecule has 2 aromatic rings. The second kappa shape index (κ2) is 8.27. The summed E-state index contributed by atoms with van der Waals surface area (Å²) in [5, 5.41) is 12.3. The smallest absolute Gasteiger partial charge is 0.249 e. The van der Waals surface area contributed by atoms with Gasteiger partial charge in [-0.15, -0.1) is 10.2 Å². The number of rotatable bonds is 7. The van der Waals surface area contributed by atoms with E-state index in [0.29, 0.717) is 30.3 Å². The van der Waals surface area contributed by atoms with Crippen LogP contribution in [-0.4, -0.2) is 40.1 Å². The van der Waals surface area contributed by atoms with Gasteiger partial charge in [-0.1, -0.05) is 36.5 Å². The molecule has 0 bridgehead atoms. The summed E-state index contributed by atoms with van der Waals surface area (Å²) in [6.45, 7) is 2.41. The lowest BCUT2D eigenvalue weighted by atomic mass is 10.1. The van der Waals surface area contributed by atoms with Crippen molar-refractivity contribution in [3.63, 3.8) is 0 Å². The molecular formula is C18H22N4O3S. The van der Waals surface area contributed by atoms with Gasteiger partial charge in [0.15, 0.2) is 0 Å². The van der Waals surface area contributed by atoms with Crippen molar-refractivity contribution in [1.82, 2.24) is 15.1 Å². The van der Waals surface area contributed by atoms with Gasteiger partial charge in [-0.3, -0.25) is 14.9 Å². The van der Waals surface area contributed by atoms with Crippen molar-refractivity contribution in [3.05, 3.63) is 34.8 Å². The average Bonchev–Trinajstić information content (AvgIpc) is 3.23. The molecule has 3 rings (SSSR count). The van der Waals surface area contributed by atoms with E-state index in [-0.39, 0.29) is 11.8 Å². The number of carbonyl (C=O) groups is 2. The zero-order valence-corrected chi connectivity index (χ0v) is 15.7. The minimum Gasteiger partial charge on any atom is -0.496 e. The number of benzene rings is 1. The first-order valence-corrected chi connectivity index (χ1v) is 9.48. The summed E-state index contributed by atoms with van der Waals surface area (Å²) in [6, 6.07) is 7.01. The maximum absolute atomic E-state index is 12.7. The quantitative estimate of drug-likeness (QED) is 0.805. The van der Waals surface area contributed by atoms with E-state index in [1.807, 2.05) is 24.3 Å². The Labute approximate surface area is 156 Å². The molecule has 7 nitrogen and oxygen atoms in total. The molecule has 1 saturated heterocycles. The topological polar surface area (TPSA) is 84.4 Å². The second-order valence-electron chi connectivity index (χ2n) is 6.13. The SMILES string of the molecule is CCCc1nnc(NC(=O)C2CCC(=O)N2Cc2ccccc2OC)s1. The molecule has 1 unspecified atom stereocenters. The minimum atomic E-state index is -0.508. The number of aromatic nitrogens is 2. The Morgan fingerprint density at radius 1 is 1.38 bits per heavy atom. The van der Waals surface area contributed by atoms with E-state index >= 15 is 0 Å². The van der Waals surface area contributed by atoms with Crippen molar-refractivity contribution in [2.24, 2.45) is 0 Å². The number of hydrogen-bond acceptors (Lipinski definition) is 6. The molecule has 1 fully saturated rings. The number of hydrogen-bond donors (Lipinski definition) is 1. The number of carbonyl (C=O) groups excluding carboxylic acids is 2. The van der Waals surface area contributed by atoms with Crippen molar-refractivity contribution >= 4 is 28.3 Å². The summed E-state index contributed by atoms with van der Waals surface area (Å²) in [5.74, 6) is 0.463. The van der Waals surface area contributed by atoms with Crippen LogP contribution in [0.4, 0.5) is 5.13 Å². The average molecular weight is 374 g/mol. The Balaban J connectivity index is 1.71. The molecule has 26 heavy (non-hydrogen) atoms. The fourth-order valence-electron chi connectivity index (χ4n) is 3.03. The van der Waals surface area contributed by atoms with Crippen LogP contribution >= 0.6 is 11.3 Å². The highest BCUT2D eigenvalue weighted by molar-refractivity contribution is 7.15. The van der Waals surface area contributed by atoms with Gasteiger partial charge in [-0.25, -0.2) is 0 Å². The monoisotopic (exact) mass is 374 g/mol. The Bertz CT molecular complexity index is 792. The van der Waals surface area contributed by atoms with Gasteiger partial charge in [0.2, 0.25) is 16.9 Å². The van der Waals surface area contributed by atoms with Gasteiger partial charge in [0.05, 0.1) is 13.7 Å². The van der Waals surface area contributed by atoms with E-state index in [9.17, 15) is 9.59 Å². The summed E-state index contributed by atoms with van der Waals surface area (Å²) in [7, 11) is 1.60. The molecule has 0 spiro atoms. The molecule has 1 aliphatic rings. The highest BCUT2D eigenvalue weighted by Crippen LogP contribution is 2.27. The third kappa shape index (κ3) is 4.01. The molecule has 1 aliphatic heterocycles. The van der Waals surface area contributed by atoms with Gasteiger partial charge in [0.25, 0.3) is 0 Å². The van der Waals surface area contributed by atoms with Gasteiger partial charge < -0.3 is 9.64 Å². The van der Waals surface area contributed by atoms with Crippen molar-refractivity contribution in [2.75, 3.05) is 12.4 Å². The largest absolute Gasteiger partial charge is 0.496 e. The fraction of sp³-hybridized carbons (Fsp3) is 0.444. The van der Waals surface area contributed by atoms with Crippen LogP contribution in [0.15, 0.2) is 24.3 Å². The van der Waals surface area contributed by atoms with Crippen molar-refractivity contribution in [1.29, 1.82) is 0 Å². The number of aryl methyl sites for hydroxylation is 1. The first kappa shape index (κ1) is 18.3. The number of anilines is 1. The van der Waals surface area contributed by atoms with Crippen LogP contribution in [0, 0.1) is 0 Å². The summed E-state index contributed by atoms with van der Waals surface area (Å²) in [5.41, 5.74) is 0.879. The zero-order chi connectivity index (χ0) is 18.5. The number of nitrogens with zero attached hydrogens (tertiary/aromatic N) is 3. The molecule has 2 amide bonds. The molecule has 1 aromatic heterocycles. The molecule has 2 heterocycles. The predicted molar refractivity (Wildman–Crippen MR) is 99.1 cm³/mol. The van der Waals surface area contributed by atoms with Crippen molar-refractivity contribution in [3.8, 4) is 5.75 Å². The molecule has 0 aliphatic carbocycles. The molecule has 1 atom stereocenters. The van der Waals surface area contributed by atoms with Crippen molar-refractivity contribution < 1.29 is 14.3 Å². The van der Waals surface area contributed by atoms with Crippen LogP contribution in [-0.2, 0) is 22.6 Å². The maximum Gasteiger partial charge on any atom is 0.249 e. The van der Waals surface area contributed by atoms with E-state index in [1.54, 1.807) is 12.0 Å². The van der Waals surface area contributed by atoms with Crippen LogP contribution in [0.3, 0.4) is 0 Å². The Morgan fingerprint density at radius 3 is 2.96 bits per heavy atom. The molecule has 1 aromatic carbocycles. The Hall–Kier alpha value is -2.48. The highest BCUT2D eigenvalue weighted by Gasteiger charge is 2.36. The van der Waals surface area contributed by atoms with E-state index in [0.717, 1.165) is 23.4 Å². The minimum absolute atomic E-state index is 0.0278. The summed E-state index contributed by atoms with van der Waals surface area (Å²) >= 11 is 1.38. The highest BCUT2D eigenvalue weighted by atomic mass is 32.1. The molecule has 8 heteroatoms. The van der Waals surface area contributed by atoms with Gasteiger partial charge >= 0.3 is 0 Å². The van der Waals surface area contributed by atoms with E-state index < -0.39 is 6.04 Å². The van der Waals surface area contributed by atoms with Gasteiger partial charge in [0.1, 0.15) is 16.8 Å². The molecule has 138 valence electrons. The molecule has 1 N–H and O–H groups in total. The number of ether oxygens (including phenoxy) is 1. The van der Waals surface area contributed by atoms with Gasteiger partial charge in [0, 0.05) is 18.4 Å². The normalized spacial score (nSPS) is 16.8. The van der Waals surface area contributed by atoms with Crippen LogP contribution in [0.1, 0.15) is 36.8 Å². The third-order valence-corrected chi connectivity index (χ3v) is 5.22. The zero-order valence-electron chi connectivity index (χ0n) is 14.9. The number of amides is 2. The second-order valence-corrected chi connectivity index (χ2v) is 7.19. The lowest BCUT2D eigenvalue weighted by Crippen LogP contribution is -2.41. The molecule has 0 saturated carbocycles. The van der Waals surface area contributed by atoms with Crippen LogP contribution in [0.5, 0.6) is 5.75 Å². The number of nitrogens with one attached hydrogen (secondary N) is 1. The Morgan fingerprint density at radius 2 is 2.19 bits per heavy atom. The maximum atomic E-state index is 12.7. The standard InChI is InChI=1S/C18H22N4O3S/c1-3-6-15-20-21-18(26-15)19-17(24)13-9-10-16(23)22(13)11-12-7-4-5-8-14(12)25-2/h4-5,7-8,13H,3,6,9-11H2,1-2H3,(H,19,21,24). The number of methoxy groups -OCH3 is 1. The van der Waals surface area contributed by atoms with Gasteiger partial charge in [-0.2, -0.15) is 0 Å². The summed E-state index contributed by atoms with van der Waals surface area (Å²) in [6.07, 6.45) is 2.69. The summed E-state index contributed by atoms with van der Waals surface area (Å²) in [4.78, 5) is 26.6. The van der Waals surface area contributed by atoms with Gasteiger partial charge in [-0.05, 0) is 18.9 Å². The fourth-order valence-corrected chi connectivity index (χ4v) is 3.87. The summed E-state index contributed by atoms with van der Waals surface area (Å²) < 4.78 is 5.35. The van der Waals surface area contributed by atoms with Crippen LogP contribution in [0.2, 0.25) is 0 Å². The molecular weight excluding hydrogens is 352 g/mol. The van der Waals surface area contributed by atoms with Crippen LogP contribution in [0.25, 0.3) is 0 Å².